The molecular weight excluding hydrogens is 250 g/mol. The van der Waals surface area contributed by atoms with Gasteiger partial charge in [-0.3, -0.25) is 15.1 Å². The molecule has 6 nitrogen and oxygen atoms in total. The van der Waals surface area contributed by atoms with Gasteiger partial charge in [-0.1, -0.05) is 0 Å². The Hall–Kier alpha value is -2.02. The van der Waals surface area contributed by atoms with Crippen molar-refractivity contribution in [1.29, 1.82) is 0 Å². The number of nitrogens with zero attached hydrogens (tertiary/aromatic N) is 3. The van der Waals surface area contributed by atoms with Gasteiger partial charge in [0.15, 0.2) is 5.13 Å². The molecule has 18 heavy (non-hydrogen) atoms. The van der Waals surface area contributed by atoms with Gasteiger partial charge in [0.1, 0.15) is 11.5 Å². The summed E-state index contributed by atoms with van der Waals surface area (Å²) >= 11 is 1.42. The highest BCUT2D eigenvalue weighted by molar-refractivity contribution is 7.14. The van der Waals surface area contributed by atoms with Crippen molar-refractivity contribution < 1.29 is 4.79 Å². The number of aromatic nitrogens is 3. The minimum absolute atomic E-state index is 0.193. The van der Waals surface area contributed by atoms with E-state index < -0.39 is 0 Å². The summed E-state index contributed by atoms with van der Waals surface area (Å²) in [6.45, 7) is 0. The highest BCUT2D eigenvalue weighted by atomic mass is 32.1. The molecule has 0 aliphatic heterocycles. The molecule has 0 radical (unpaired) electrons. The van der Waals surface area contributed by atoms with Crippen molar-refractivity contribution in [2.45, 2.75) is 18.8 Å². The number of thiazole rings is 1. The standard InChI is InChI=1S/C11H11N5OS/c12-9-4-13-3-7(14-9)10(17)16-11-15-8(5-18-11)6-1-2-6/h3-6H,1-2H2,(H2,12,14)(H,15,16,17). The van der Waals surface area contributed by atoms with Gasteiger partial charge in [-0.05, 0) is 12.8 Å². The minimum atomic E-state index is -0.341. The molecular formula is C11H11N5OS. The highest BCUT2D eigenvalue weighted by Crippen LogP contribution is 2.40. The lowest BCUT2D eigenvalue weighted by molar-refractivity contribution is 0.102. The van der Waals surface area contributed by atoms with Crippen LogP contribution in [0.3, 0.4) is 0 Å². The molecule has 2 aromatic rings. The van der Waals surface area contributed by atoms with Crippen LogP contribution in [0.2, 0.25) is 0 Å². The van der Waals surface area contributed by atoms with Gasteiger partial charge in [0.05, 0.1) is 18.1 Å². The number of anilines is 2. The number of nitrogen functional groups attached to an aromatic ring is 1. The molecule has 0 spiro atoms. The van der Waals surface area contributed by atoms with Crippen LogP contribution < -0.4 is 11.1 Å². The number of carbonyl (C=O) groups is 1. The average molecular weight is 261 g/mol. The molecule has 2 heterocycles. The summed E-state index contributed by atoms with van der Waals surface area (Å²) in [4.78, 5) is 24.0. The Kier molecular flexibility index (Phi) is 2.67. The second-order valence-corrected chi connectivity index (χ2v) is 4.99. The minimum Gasteiger partial charge on any atom is -0.382 e. The molecule has 1 fully saturated rings. The molecule has 0 bridgehead atoms. The fourth-order valence-electron chi connectivity index (χ4n) is 1.56. The van der Waals surface area contributed by atoms with E-state index in [1.807, 2.05) is 5.38 Å². The molecule has 1 aliphatic rings. The summed E-state index contributed by atoms with van der Waals surface area (Å²) in [7, 11) is 0. The molecule has 1 saturated carbocycles. The third-order valence-electron chi connectivity index (χ3n) is 2.62. The number of hydrogen-bond acceptors (Lipinski definition) is 6. The molecule has 1 amide bonds. The van der Waals surface area contributed by atoms with Crippen LogP contribution in [0, 0.1) is 0 Å². The second kappa shape index (κ2) is 4.34. The first-order valence-electron chi connectivity index (χ1n) is 5.56. The van der Waals surface area contributed by atoms with E-state index in [1.165, 1.54) is 36.6 Å². The second-order valence-electron chi connectivity index (χ2n) is 4.14. The SMILES string of the molecule is Nc1cncc(C(=O)Nc2nc(C3CC3)cs2)n1. The van der Waals surface area contributed by atoms with Gasteiger partial charge in [-0.15, -0.1) is 11.3 Å². The number of rotatable bonds is 3. The van der Waals surface area contributed by atoms with Gasteiger partial charge in [0, 0.05) is 11.3 Å². The molecule has 3 N–H and O–H groups in total. The van der Waals surface area contributed by atoms with Crippen molar-refractivity contribution >= 4 is 28.2 Å². The van der Waals surface area contributed by atoms with Gasteiger partial charge in [0.2, 0.25) is 0 Å². The van der Waals surface area contributed by atoms with Crippen molar-refractivity contribution in [2.75, 3.05) is 11.1 Å². The smallest absolute Gasteiger partial charge is 0.277 e. The van der Waals surface area contributed by atoms with E-state index in [-0.39, 0.29) is 17.4 Å². The number of nitrogens with one attached hydrogen (secondary N) is 1. The first-order valence-corrected chi connectivity index (χ1v) is 6.44. The van der Waals surface area contributed by atoms with Gasteiger partial charge < -0.3 is 5.73 Å². The summed E-state index contributed by atoms with van der Waals surface area (Å²) in [6, 6.07) is 0. The van der Waals surface area contributed by atoms with Crippen LogP contribution in [-0.4, -0.2) is 20.9 Å². The molecule has 0 saturated heterocycles. The van der Waals surface area contributed by atoms with Crippen LogP contribution in [-0.2, 0) is 0 Å². The van der Waals surface area contributed by atoms with Crippen LogP contribution in [0.15, 0.2) is 17.8 Å². The molecule has 2 aromatic heterocycles. The number of hydrogen-bond donors (Lipinski definition) is 2. The zero-order chi connectivity index (χ0) is 12.5. The maximum atomic E-state index is 11.9. The van der Waals surface area contributed by atoms with Crippen LogP contribution in [0.1, 0.15) is 34.9 Å². The number of amides is 1. The van der Waals surface area contributed by atoms with Crippen molar-refractivity contribution in [3.63, 3.8) is 0 Å². The predicted octanol–water partition coefficient (Wildman–Crippen LogP) is 1.64. The zero-order valence-electron chi connectivity index (χ0n) is 9.46. The van der Waals surface area contributed by atoms with Crippen LogP contribution in [0.4, 0.5) is 10.9 Å². The van der Waals surface area contributed by atoms with Crippen molar-refractivity contribution in [3.8, 4) is 0 Å². The first kappa shape index (κ1) is 11.1. The van der Waals surface area contributed by atoms with E-state index >= 15 is 0 Å². The molecule has 92 valence electrons. The Morgan fingerprint density at radius 1 is 1.39 bits per heavy atom. The van der Waals surface area contributed by atoms with Gasteiger partial charge in [0.25, 0.3) is 5.91 Å². The first-order chi connectivity index (χ1) is 8.72. The summed E-state index contributed by atoms with van der Waals surface area (Å²) in [5.74, 6) is 0.464. The topological polar surface area (TPSA) is 93.8 Å². The molecule has 0 atom stereocenters. The maximum Gasteiger partial charge on any atom is 0.277 e. The van der Waals surface area contributed by atoms with Crippen LogP contribution >= 0.6 is 11.3 Å². The van der Waals surface area contributed by atoms with E-state index in [0.717, 1.165) is 5.69 Å². The third-order valence-corrected chi connectivity index (χ3v) is 3.40. The zero-order valence-corrected chi connectivity index (χ0v) is 10.3. The Morgan fingerprint density at radius 2 is 2.22 bits per heavy atom. The number of carbonyl (C=O) groups excluding carboxylic acids is 1. The normalized spacial score (nSPS) is 14.4. The van der Waals surface area contributed by atoms with Crippen molar-refractivity contribution in [3.05, 3.63) is 29.2 Å². The van der Waals surface area contributed by atoms with E-state index in [2.05, 4.69) is 20.3 Å². The van der Waals surface area contributed by atoms with E-state index in [1.54, 1.807) is 0 Å². The van der Waals surface area contributed by atoms with Crippen molar-refractivity contribution in [1.82, 2.24) is 15.0 Å². The van der Waals surface area contributed by atoms with E-state index in [9.17, 15) is 4.79 Å². The Morgan fingerprint density at radius 3 is 2.94 bits per heavy atom. The predicted molar refractivity (Wildman–Crippen MR) is 68.5 cm³/mol. The summed E-state index contributed by atoms with van der Waals surface area (Å²) in [5, 5.41) is 5.27. The van der Waals surface area contributed by atoms with Gasteiger partial charge >= 0.3 is 0 Å². The van der Waals surface area contributed by atoms with Crippen LogP contribution in [0.5, 0.6) is 0 Å². The van der Waals surface area contributed by atoms with Crippen LogP contribution in [0.25, 0.3) is 0 Å². The summed E-state index contributed by atoms with van der Waals surface area (Å²) < 4.78 is 0. The quantitative estimate of drug-likeness (QED) is 0.876. The van der Waals surface area contributed by atoms with E-state index in [4.69, 9.17) is 5.73 Å². The summed E-state index contributed by atoms with van der Waals surface area (Å²) in [5.41, 5.74) is 6.73. The molecule has 7 heteroatoms. The lowest BCUT2D eigenvalue weighted by Gasteiger charge is -2.00. The van der Waals surface area contributed by atoms with E-state index in [0.29, 0.717) is 11.0 Å². The fourth-order valence-corrected chi connectivity index (χ4v) is 2.35. The fraction of sp³-hybridized carbons (Fsp3) is 0.273. The van der Waals surface area contributed by atoms with Gasteiger partial charge in [-0.2, -0.15) is 0 Å². The number of nitrogens with two attached hydrogens (primary N) is 1. The molecule has 0 aromatic carbocycles. The van der Waals surface area contributed by atoms with Gasteiger partial charge in [-0.25, -0.2) is 9.97 Å². The Balaban J connectivity index is 1.73. The maximum absolute atomic E-state index is 11.9. The summed E-state index contributed by atoms with van der Waals surface area (Å²) in [6.07, 6.45) is 5.15. The monoisotopic (exact) mass is 261 g/mol. The largest absolute Gasteiger partial charge is 0.382 e. The van der Waals surface area contributed by atoms with Crippen molar-refractivity contribution in [2.24, 2.45) is 0 Å². The lowest BCUT2D eigenvalue weighted by Crippen LogP contribution is -2.14. The lowest BCUT2D eigenvalue weighted by atomic mass is 10.3. The highest BCUT2D eigenvalue weighted by Gasteiger charge is 2.26. The molecule has 0 unspecified atom stereocenters. The Bertz CT molecular complexity index is 593. The molecule has 3 rings (SSSR count). The molecule has 1 aliphatic carbocycles. The Labute approximate surface area is 107 Å². The third kappa shape index (κ3) is 2.30. The average Bonchev–Trinajstić information content (AvgIpc) is 3.11.